The minimum absolute atomic E-state index is 0.0248. The van der Waals surface area contributed by atoms with Gasteiger partial charge in [0.05, 0.1) is 24.9 Å². The third kappa shape index (κ3) is 4.50. The number of hydrogen-bond donors (Lipinski definition) is 2. The number of carbonyl (C=O) groups excluding carboxylic acids is 2. The van der Waals surface area contributed by atoms with Gasteiger partial charge >= 0.3 is 0 Å². The van der Waals surface area contributed by atoms with E-state index in [1.165, 1.54) is 0 Å². The van der Waals surface area contributed by atoms with Gasteiger partial charge in [0.15, 0.2) is 5.60 Å². The Hall–Kier alpha value is -2.48. The highest BCUT2D eigenvalue weighted by Crippen LogP contribution is 2.46. The number of hydrogen-bond acceptors (Lipinski definition) is 4. The van der Waals surface area contributed by atoms with Crippen molar-refractivity contribution < 1.29 is 19.8 Å². The van der Waals surface area contributed by atoms with E-state index < -0.39 is 11.5 Å². The number of aliphatic hydroxyl groups is 2. The van der Waals surface area contributed by atoms with E-state index in [-0.39, 0.29) is 30.9 Å². The van der Waals surface area contributed by atoms with E-state index in [4.69, 9.17) is 0 Å². The van der Waals surface area contributed by atoms with Crippen molar-refractivity contribution in [3.05, 3.63) is 76.3 Å². The molecule has 3 atom stereocenters. The molecule has 2 N–H and O–H groups in total. The van der Waals surface area contributed by atoms with Crippen LogP contribution in [0.5, 0.6) is 0 Å². The quantitative estimate of drug-likeness (QED) is 0.553. The van der Waals surface area contributed by atoms with Gasteiger partial charge in [-0.25, -0.2) is 0 Å². The molecule has 1 saturated heterocycles. The fourth-order valence-electron chi connectivity index (χ4n) is 4.83. The van der Waals surface area contributed by atoms with Gasteiger partial charge in [-0.3, -0.25) is 9.59 Å². The number of halogens is 1. The van der Waals surface area contributed by atoms with E-state index >= 15 is 0 Å². The highest BCUT2D eigenvalue weighted by molar-refractivity contribution is 9.10. The third-order valence-electron chi connectivity index (χ3n) is 6.70. The number of nitrogens with zero attached hydrogens (tertiary/aromatic N) is 2. The molecule has 174 valence electrons. The highest BCUT2D eigenvalue weighted by Gasteiger charge is 2.52. The number of fused-ring (bicyclic) bond motifs is 1. The number of carbonyl (C=O) groups is 2. The molecule has 0 saturated carbocycles. The van der Waals surface area contributed by atoms with Crippen molar-refractivity contribution in [2.24, 2.45) is 5.92 Å². The Labute approximate surface area is 202 Å². The second-order valence-corrected chi connectivity index (χ2v) is 9.71. The average molecular weight is 513 g/mol. The molecule has 0 spiro atoms. The highest BCUT2D eigenvalue weighted by atomic mass is 79.9. The molecule has 4 rings (SSSR count). The first-order valence-corrected chi connectivity index (χ1v) is 12.1. The molecule has 33 heavy (non-hydrogen) atoms. The van der Waals surface area contributed by atoms with Crippen LogP contribution >= 0.6 is 15.9 Å². The summed E-state index contributed by atoms with van der Waals surface area (Å²) in [5.74, 6) is -0.963. The van der Waals surface area contributed by atoms with E-state index in [1.807, 2.05) is 42.5 Å². The first-order chi connectivity index (χ1) is 15.9. The molecule has 0 aromatic heterocycles. The van der Waals surface area contributed by atoms with Crippen LogP contribution in [-0.4, -0.2) is 46.1 Å². The molecule has 2 aromatic carbocycles. The molecule has 0 aliphatic carbocycles. The fraction of sp³-hybridized carbons (Fsp3) is 0.385. The minimum Gasteiger partial charge on any atom is -0.394 e. The van der Waals surface area contributed by atoms with E-state index in [9.17, 15) is 19.8 Å². The zero-order chi connectivity index (χ0) is 23.6. The zero-order valence-corrected chi connectivity index (χ0v) is 20.2. The lowest BCUT2D eigenvalue weighted by molar-refractivity contribution is -0.139. The minimum atomic E-state index is -1.73. The lowest BCUT2D eigenvalue weighted by atomic mass is 9.83. The van der Waals surface area contributed by atoms with Gasteiger partial charge < -0.3 is 20.0 Å². The van der Waals surface area contributed by atoms with Crippen LogP contribution in [0, 0.1) is 5.92 Å². The van der Waals surface area contributed by atoms with Crippen LogP contribution in [0.2, 0.25) is 0 Å². The summed E-state index contributed by atoms with van der Waals surface area (Å²) in [5.41, 5.74) is 0.492. The number of aliphatic hydroxyl groups excluding tert-OH is 1. The lowest BCUT2D eigenvalue weighted by Crippen LogP contribution is -2.44. The van der Waals surface area contributed by atoms with E-state index in [1.54, 1.807) is 34.9 Å². The van der Waals surface area contributed by atoms with Crippen LogP contribution in [-0.2, 0) is 21.7 Å². The van der Waals surface area contributed by atoms with Crippen molar-refractivity contribution in [3.8, 4) is 0 Å². The molecule has 0 radical (unpaired) electrons. The maximum Gasteiger partial charge on any atom is 0.264 e. The van der Waals surface area contributed by atoms with Crippen molar-refractivity contribution in [3.63, 3.8) is 0 Å². The van der Waals surface area contributed by atoms with Gasteiger partial charge in [-0.05, 0) is 36.6 Å². The molecular weight excluding hydrogens is 484 g/mol. The molecule has 7 heteroatoms. The Morgan fingerprint density at radius 2 is 2.03 bits per heavy atom. The maximum atomic E-state index is 13.6. The molecule has 1 fully saturated rings. The average Bonchev–Trinajstić information content (AvgIpc) is 3.38. The molecule has 0 unspecified atom stereocenters. The van der Waals surface area contributed by atoms with E-state index in [0.29, 0.717) is 24.3 Å². The van der Waals surface area contributed by atoms with Crippen LogP contribution in [0.15, 0.2) is 65.2 Å². The van der Waals surface area contributed by atoms with Gasteiger partial charge in [0.2, 0.25) is 5.91 Å². The molecule has 2 amide bonds. The first kappa shape index (κ1) is 23.7. The van der Waals surface area contributed by atoms with Gasteiger partial charge in [-0.1, -0.05) is 65.3 Å². The topological polar surface area (TPSA) is 81.1 Å². The lowest BCUT2D eigenvalue weighted by Gasteiger charge is -2.28. The van der Waals surface area contributed by atoms with Gasteiger partial charge in [-0.15, -0.1) is 0 Å². The maximum absolute atomic E-state index is 13.6. The number of anilines is 1. The van der Waals surface area contributed by atoms with Gasteiger partial charge in [0.25, 0.3) is 5.91 Å². The molecule has 6 nitrogen and oxygen atoms in total. The van der Waals surface area contributed by atoms with E-state index in [2.05, 4.69) is 15.9 Å². The van der Waals surface area contributed by atoms with Gasteiger partial charge in [-0.2, -0.15) is 0 Å². The molecule has 2 aromatic rings. The monoisotopic (exact) mass is 512 g/mol. The van der Waals surface area contributed by atoms with Crippen molar-refractivity contribution >= 4 is 33.4 Å². The smallest absolute Gasteiger partial charge is 0.264 e. The van der Waals surface area contributed by atoms with Crippen molar-refractivity contribution in [1.29, 1.82) is 0 Å². The standard InChI is InChI=1S/C26H29BrN2O4/c1-18(7-5-11-24(31)28-14-6-10-21(28)17-30)26(33)22-15-20(27)12-13-23(22)29(25(26)32)16-19-8-3-2-4-9-19/h2-5,7-9,12-13,15,18,21,30,33H,6,10-11,14,16-17H2,1H3/b7-5+/t18-,21-,26+/m0/s1. The summed E-state index contributed by atoms with van der Waals surface area (Å²) in [5, 5.41) is 21.2. The second kappa shape index (κ2) is 9.79. The molecule has 2 aliphatic heterocycles. The van der Waals surface area contributed by atoms with Crippen LogP contribution in [0.25, 0.3) is 0 Å². The summed E-state index contributed by atoms with van der Waals surface area (Å²) in [7, 11) is 0. The number of benzene rings is 2. The van der Waals surface area contributed by atoms with Crippen molar-refractivity contribution in [1.82, 2.24) is 4.90 Å². The third-order valence-corrected chi connectivity index (χ3v) is 7.19. The van der Waals surface area contributed by atoms with E-state index in [0.717, 1.165) is 22.9 Å². The summed E-state index contributed by atoms with van der Waals surface area (Å²) in [6, 6.07) is 15.1. The molecule has 0 bridgehead atoms. The summed E-state index contributed by atoms with van der Waals surface area (Å²) in [6.07, 6.45) is 5.36. The summed E-state index contributed by atoms with van der Waals surface area (Å²) >= 11 is 3.46. The first-order valence-electron chi connectivity index (χ1n) is 11.3. The Balaban J connectivity index is 1.55. The number of amides is 2. The predicted molar refractivity (Wildman–Crippen MR) is 130 cm³/mol. The largest absolute Gasteiger partial charge is 0.394 e. The SMILES string of the molecule is C[C@@H](/C=C/CC(=O)N1CCC[C@H]1CO)[C@]1(O)C(=O)N(Cc2ccccc2)c2ccc(Br)cc21. The van der Waals surface area contributed by atoms with Gasteiger partial charge in [0, 0.05) is 28.9 Å². The van der Waals surface area contributed by atoms with Crippen LogP contribution in [0.4, 0.5) is 5.69 Å². The second-order valence-electron chi connectivity index (χ2n) is 8.79. The summed E-state index contributed by atoms with van der Waals surface area (Å²) < 4.78 is 0.782. The fourth-order valence-corrected chi connectivity index (χ4v) is 5.19. The Bertz CT molecular complexity index is 1060. The van der Waals surface area contributed by atoms with Crippen LogP contribution < -0.4 is 4.90 Å². The van der Waals surface area contributed by atoms with Crippen LogP contribution in [0.3, 0.4) is 0 Å². The van der Waals surface area contributed by atoms with Crippen LogP contribution in [0.1, 0.15) is 37.3 Å². The summed E-state index contributed by atoms with van der Waals surface area (Å²) in [4.78, 5) is 29.5. The summed E-state index contributed by atoms with van der Waals surface area (Å²) in [6.45, 7) is 2.79. The zero-order valence-electron chi connectivity index (χ0n) is 18.7. The Morgan fingerprint density at radius 3 is 2.76 bits per heavy atom. The Kier molecular flexibility index (Phi) is 7.02. The number of likely N-dealkylation sites (tertiary alicyclic amines) is 1. The van der Waals surface area contributed by atoms with Crippen molar-refractivity contribution in [2.45, 2.75) is 44.4 Å². The molecular formula is C26H29BrN2O4. The predicted octanol–water partition coefficient (Wildman–Crippen LogP) is 3.75. The molecule has 2 heterocycles. The number of rotatable bonds is 7. The van der Waals surface area contributed by atoms with Gasteiger partial charge in [0.1, 0.15) is 0 Å². The molecule has 2 aliphatic rings. The Morgan fingerprint density at radius 1 is 1.27 bits per heavy atom. The normalized spacial score (nSPS) is 23.4. The van der Waals surface area contributed by atoms with Crippen molar-refractivity contribution in [2.75, 3.05) is 18.1 Å².